The second-order valence-electron chi connectivity index (χ2n) is 5.74. The van der Waals surface area contributed by atoms with Gasteiger partial charge in [0.15, 0.2) is 11.5 Å². The van der Waals surface area contributed by atoms with Gasteiger partial charge in [-0.25, -0.2) is 0 Å². The average molecular weight is 334 g/mol. The predicted octanol–water partition coefficient (Wildman–Crippen LogP) is 4.99. The zero-order valence-electron chi connectivity index (χ0n) is 14.4. The Morgan fingerprint density at radius 2 is 1.20 bits per heavy atom. The molecule has 0 amide bonds. The highest BCUT2D eigenvalue weighted by Crippen LogP contribution is 2.29. The molecule has 0 bridgehead atoms. The topological polar surface area (TPSA) is 27.7 Å². The first-order valence-corrected chi connectivity index (χ1v) is 8.30. The van der Waals surface area contributed by atoms with E-state index in [9.17, 15) is 0 Å². The maximum atomic E-state index is 5.88. The summed E-state index contributed by atoms with van der Waals surface area (Å²) in [6.07, 6.45) is 0. The lowest BCUT2D eigenvalue weighted by Gasteiger charge is -2.12. The van der Waals surface area contributed by atoms with Crippen LogP contribution in [0, 0.1) is 0 Å². The standard InChI is InChI=1S/C22H22O3/c1-23-22-14-20(16-24-15-18-8-4-2-5-9-18)12-13-21(22)25-17-19-10-6-3-7-11-19/h2-14H,15-17H2,1H3. The Balaban J connectivity index is 1.57. The molecular formula is C22H22O3. The highest BCUT2D eigenvalue weighted by Gasteiger charge is 2.06. The molecule has 3 aromatic carbocycles. The van der Waals surface area contributed by atoms with Gasteiger partial charge in [0.05, 0.1) is 20.3 Å². The highest BCUT2D eigenvalue weighted by atomic mass is 16.5. The summed E-state index contributed by atoms with van der Waals surface area (Å²) < 4.78 is 17.1. The average Bonchev–Trinajstić information content (AvgIpc) is 2.68. The minimum Gasteiger partial charge on any atom is -0.493 e. The number of hydrogen-bond acceptors (Lipinski definition) is 3. The Kier molecular flexibility index (Phi) is 6.07. The Bertz CT molecular complexity index is 770. The van der Waals surface area contributed by atoms with E-state index in [-0.39, 0.29) is 0 Å². The first-order valence-electron chi connectivity index (χ1n) is 8.30. The molecule has 0 aromatic heterocycles. The van der Waals surface area contributed by atoms with Gasteiger partial charge in [-0.2, -0.15) is 0 Å². The van der Waals surface area contributed by atoms with Gasteiger partial charge < -0.3 is 14.2 Å². The Hall–Kier alpha value is -2.78. The van der Waals surface area contributed by atoms with Gasteiger partial charge >= 0.3 is 0 Å². The van der Waals surface area contributed by atoms with Crippen molar-refractivity contribution < 1.29 is 14.2 Å². The van der Waals surface area contributed by atoms with E-state index in [1.165, 1.54) is 0 Å². The van der Waals surface area contributed by atoms with E-state index in [4.69, 9.17) is 14.2 Å². The molecule has 0 heterocycles. The summed E-state index contributed by atoms with van der Waals surface area (Å²) in [4.78, 5) is 0. The van der Waals surface area contributed by atoms with Gasteiger partial charge in [0.25, 0.3) is 0 Å². The van der Waals surface area contributed by atoms with Gasteiger partial charge in [-0.3, -0.25) is 0 Å². The molecule has 0 radical (unpaired) electrons. The molecule has 0 aliphatic carbocycles. The first-order chi connectivity index (χ1) is 12.3. The predicted molar refractivity (Wildman–Crippen MR) is 98.7 cm³/mol. The molecule has 0 aliphatic heterocycles. The van der Waals surface area contributed by atoms with E-state index in [0.29, 0.717) is 19.8 Å². The number of benzene rings is 3. The molecule has 0 saturated heterocycles. The van der Waals surface area contributed by atoms with Crippen LogP contribution in [0.25, 0.3) is 0 Å². The summed E-state index contributed by atoms with van der Waals surface area (Å²) >= 11 is 0. The number of hydrogen-bond donors (Lipinski definition) is 0. The molecule has 0 aliphatic rings. The van der Waals surface area contributed by atoms with Gasteiger partial charge in [-0.05, 0) is 28.8 Å². The largest absolute Gasteiger partial charge is 0.493 e. The van der Waals surface area contributed by atoms with Crippen LogP contribution in [0.5, 0.6) is 11.5 Å². The van der Waals surface area contributed by atoms with Crippen LogP contribution in [0.1, 0.15) is 16.7 Å². The summed E-state index contributed by atoms with van der Waals surface area (Å²) in [5.41, 5.74) is 3.34. The third-order valence-electron chi connectivity index (χ3n) is 3.85. The normalized spacial score (nSPS) is 10.4. The molecule has 0 N–H and O–H groups in total. The Morgan fingerprint density at radius 1 is 0.600 bits per heavy atom. The van der Waals surface area contributed by atoms with Crippen LogP contribution in [0.3, 0.4) is 0 Å². The Labute approximate surface area is 148 Å². The van der Waals surface area contributed by atoms with Crippen molar-refractivity contribution in [2.75, 3.05) is 7.11 Å². The first kappa shape index (κ1) is 17.1. The molecule has 128 valence electrons. The van der Waals surface area contributed by atoms with Crippen molar-refractivity contribution in [3.05, 3.63) is 95.6 Å². The van der Waals surface area contributed by atoms with Crippen molar-refractivity contribution in [3.8, 4) is 11.5 Å². The zero-order valence-corrected chi connectivity index (χ0v) is 14.4. The number of ether oxygens (including phenoxy) is 3. The molecule has 0 spiro atoms. The van der Waals surface area contributed by atoms with Gasteiger partial charge in [0.2, 0.25) is 0 Å². The van der Waals surface area contributed by atoms with Crippen molar-refractivity contribution in [3.63, 3.8) is 0 Å². The summed E-state index contributed by atoms with van der Waals surface area (Å²) in [5, 5.41) is 0. The van der Waals surface area contributed by atoms with E-state index in [1.54, 1.807) is 7.11 Å². The third-order valence-corrected chi connectivity index (χ3v) is 3.85. The van der Waals surface area contributed by atoms with Crippen LogP contribution in [-0.4, -0.2) is 7.11 Å². The van der Waals surface area contributed by atoms with Gasteiger partial charge in [-0.1, -0.05) is 66.7 Å². The lowest BCUT2D eigenvalue weighted by Crippen LogP contribution is -1.99. The quantitative estimate of drug-likeness (QED) is 0.581. The van der Waals surface area contributed by atoms with Crippen LogP contribution in [0.4, 0.5) is 0 Å². The number of rotatable bonds is 8. The highest BCUT2D eigenvalue weighted by molar-refractivity contribution is 5.43. The molecule has 25 heavy (non-hydrogen) atoms. The molecule has 0 unspecified atom stereocenters. The SMILES string of the molecule is COc1cc(COCc2ccccc2)ccc1OCc1ccccc1. The van der Waals surface area contributed by atoms with Crippen molar-refractivity contribution >= 4 is 0 Å². The second-order valence-corrected chi connectivity index (χ2v) is 5.74. The zero-order chi connectivity index (χ0) is 17.3. The maximum Gasteiger partial charge on any atom is 0.161 e. The molecule has 3 heteroatoms. The minimum atomic E-state index is 0.515. The van der Waals surface area contributed by atoms with E-state index in [1.807, 2.05) is 66.7 Å². The summed E-state index contributed by atoms with van der Waals surface area (Å²) in [6.45, 7) is 1.64. The third kappa shape index (κ3) is 5.10. The second kappa shape index (κ2) is 8.90. The van der Waals surface area contributed by atoms with Gasteiger partial charge in [-0.15, -0.1) is 0 Å². The van der Waals surface area contributed by atoms with Crippen molar-refractivity contribution in [2.24, 2.45) is 0 Å². The lowest BCUT2D eigenvalue weighted by molar-refractivity contribution is 0.107. The molecule has 3 aromatic rings. The van der Waals surface area contributed by atoms with Crippen LogP contribution in [-0.2, 0) is 24.6 Å². The van der Waals surface area contributed by atoms with Crippen LogP contribution < -0.4 is 9.47 Å². The van der Waals surface area contributed by atoms with Crippen LogP contribution in [0.15, 0.2) is 78.9 Å². The molecule has 0 saturated carbocycles. The fraction of sp³-hybridized carbons (Fsp3) is 0.182. The minimum absolute atomic E-state index is 0.515. The fourth-order valence-corrected chi connectivity index (χ4v) is 2.52. The molecule has 0 atom stereocenters. The fourth-order valence-electron chi connectivity index (χ4n) is 2.52. The smallest absolute Gasteiger partial charge is 0.161 e. The molecular weight excluding hydrogens is 312 g/mol. The summed E-state index contributed by atoms with van der Waals surface area (Å²) in [5.74, 6) is 1.45. The number of methoxy groups -OCH3 is 1. The van der Waals surface area contributed by atoms with Gasteiger partial charge in [0.1, 0.15) is 6.61 Å². The monoisotopic (exact) mass is 334 g/mol. The van der Waals surface area contributed by atoms with Crippen LogP contribution >= 0.6 is 0 Å². The Morgan fingerprint density at radius 3 is 1.84 bits per heavy atom. The lowest BCUT2D eigenvalue weighted by atomic mass is 10.2. The summed E-state index contributed by atoms with van der Waals surface area (Å²) in [7, 11) is 1.65. The van der Waals surface area contributed by atoms with E-state index < -0.39 is 0 Å². The van der Waals surface area contributed by atoms with E-state index in [2.05, 4.69) is 12.1 Å². The van der Waals surface area contributed by atoms with Crippen molar-refractivity contribution in [2.45, 2.75) is 19.8 Å². The van der Waals surface area contributed by atoms with E-state index >= 15 is 0 Å². The van der Waals surface area contributed by atoms with Gasteiger partial charge in [0, 0.05) is 0 Å². The van der Waals surface area contributed by atoms with Crippen molar-refractivity contribution in [1.82, 2.24) is 0 Å². The maximum absolute atomic E-state index is 5.88. The van der Waals surface area contributed by atoms with Crippen molar-refractivity contribution in [1.29, 1.82) is 0 Å². The van der Waals surface area contributed by atoms with Crippen LogP contribution in [0.2, 0.25) is 0 Å². The molecule has 0 fully saturated rings. The summed E-state index contributed by atoms with van der Waals surface area (Å²) in [6, 6.07) is 26.1. The molecule has 3 nitrogen and oxygen atoms in total. The van der Waals surface area contributed by atoms with E-state index in [0.717, 1.165) is 28.2 Å². The molecule has 3 rings (SSSR count).